The quantitative estimate of drug-likeness (QED) is 0.740. The van der Waals surface area contributed by atoms with Gasteiger partial charge in [0.2, 0.25) is 0 Å². The van der Waals surface area contributed by atoms with Crippen LogP contribution in [0.25, 0.3) is 0 Å². The van der Waals surface area contributed by atoms with Crippen molar-refractivity contribution >= 4 is 5.82 Å². The van der Waals surface area contributed by atoms with Crippen molar-refractivity contribution in [3.05, 3.63) is 17.6 Å². The molecule has 1 aromatic rings. The third kappa shape index (κ3) is 1.70. The minimum atomic E-state index is -0.0865. The Morgan fingerprint density at radius 3 is 2.71 bits per heavy atom. The van der Waals surface area contributed by atoms with Crippen LogP contribution in [0.3, 0.4) is 0 Å². The minimum Gasteiger partial charge on any atom is -0.391 e. The van der Waals surface area contributed by atoms with Crippen LogP contribution in [0, 0.1) is 0 Å². The predicted molar refractivity (Wildman–Crippen MR) is 53.6 cm³/mol. The van der Waals surface area contributed by atoms with Crippen molar-refractivity contribution in [1.82, 2.24) is 9.97 Å². The first kappa shape index (κ1) is 9.40. The van der Waals surface area contributed by atoms with Crippen molar-refractivity contribution in [3.63, 3.8) is 0 Å². The zero-order valence-electron chi connectivity index (χ0n) is 8.11. The number of nitrogens with zero attached hydrogens (tertiary/aromatic N) is 2. The molecule has 2 rings (SSSR count). The summed E-state index contributed by atoms with van der Waals surface area (Å²) in [5.41, 5.74) is 6.31. The molecule has 0 saturated heterocycles. The summed E-state index contributed by atoms with van der Waals surface area (Å²) in [5.74, 6) is 1.74. The average Bonchev–Trinajstić information content (AvgIpc) is 2.70. The molecule has 1 aromatic heterocycles. The van der Waals surface area contributed by atoms with Gasteiger partial charge in [-0.1, -0.05) is 12.8 Å². The molecule has 1 aliphatic carbocycles. The third-order valence-electron chi connectivity index (χ3n) is 2.81. The number of aliphatic hydroxyl groups excluding tert-OH is 1. The van der Waals surface area contributed by atoms with E-state index in [0.29, 0.717) is 17.3 Å². The lowest BCUT2D eigenvalue weighted by Gasteiger charge is -2.09. The number of nitrogen functional groups attached to an aromatic ring is 1. The van der Waals surface area contributed by atoms with Crippen LogP contribution in [0.5, 0.6) is 0 Å². The number of hydrogen-bond acceptors (Lipinski definition) is 4. The maximum atomic E-state index is 8.91. The molecule has 0 bridgehead atoms. The van der Waals surface area contributed by atoms with Crippen molar-refractivity contribution in [3.8, 4) is 0 Å². The smallest absolute Gasteiger partial charge is 0.133 e. The van der Waals surface area contributed by atoms with Crippen molar-refractivity contribution in [1.29, 1.82) is 0 Å². The summed E-state index contributed by atoms with van der Waals surface area (Å²) in [6, 6.07) is 0. The molecular formula is C10H15N3O. The fourth-order valence-corrected chi connectivity index (χ4v) is 1.94. The maximum Gasteiger partial charge on any atom is 0.133 e. The van der Waals surface area contributed by atoms with Crippen LogP contribution in [0.2, 0.25) is 0 Å². The second-order valence-corrected chi connectivity index (χ2v) is 3.78. The number of aliphatic hydroxyl groups is 1. The predicted octanol–water partition coefficient (Wildman–Crippen LogP) is 1.21. The molecule has 4 nitrogen and oxygen atoms in total. The van der Waals surface area contributed by atoms with Gasteiger partial charge in [0.05, 0.1) is 6.61 Å². The Morgan fingerprint density at radius 2 is 2.14 bits per heavy atom. The van der Waals surface area contributed by atoms with E-state index in [0.717, 1.165) is 18.7 Å². The van der Waals surface area contributed by atoms with Crippen LogP contribution in [-0.2, 0) is 6.61 Å². The van der Waals surface area contributed by atoms with Gasteiger partial charge in [0.15, 0.2) is 0 Å². The molecule has 4 heteroatoms. The first-order valence-electron chi connectivity index (χ1n) is 5.03. The Bertz CT molecular complexity index is 321. The summed E-state index contributed by atoms with van der Waals surface area (Å²) in [7, 11) is 0. The zero-order valence-corrected chi connectivity index (χ0v) is 8.11. The number of rotatable bonds is 2. The van der Waals surface area contributed by atoms with Gasteiger partial charge in [-0.15, -0.1) is 0 Å². The Hall–Kier alpha value is -1.16. The van der Waals surface area contributed by atoms with Gasteiger partial charge in [0.1, 0.15) is 11.6 Å². The summed E-state index contributed by atoms with van der Waals surface area (Å²) < 4.78 is 0. The first-order valence-corrected chi connectivity index (χ1v) is 5.03. The maximum absolute atomic E-state index is 8.91. The van der Waals surface area contributed by atoms with Gasteiger partial charge < -0.3 is 10.8 Å². The monoisotopic (exact) mass is 193 g/mol. The van der Waals surface area contributed by atoms with Gasteiger partial charge in [0, 0.05) is 17.7 Å². The van der Waals surface area contributed by atoms with Gasteiger partial charge >= 0.3 is 0 Å². The molecule has 0 aromatic carbocycles. The van der Waals surface area contributed by atoms with Crippen LogP contribution >= 0.6 is 0 Å². The second-order valence-electron chi connectivity index (χ2n) is 3.78. The van der Waals surface area contributed by atoms with E-state index < -0.39 is 0 Å². The third-order valence-corrected chi connectivity index (χ3v) is 2.81. The summed E-state index contributed by atoms with van der Waals surface area (Å²) >= 11 is 0. The lowest BCUT2D eigenvalue weighted by atomic mass is 10.1. The molecule has 0 atom stereocenters. The highest BCUT2D eigenvalue weighted by atomic mass is 16.3. The number of aromatic nitrogens is 2. The van der Waals surface area contributed by atoms with Crippen LogP contribution in [0.1, 0.15) is 43.0 Å². The Morgan fingerprint density at radius 1 is 1.43 bits per heavy atom. The second kappa shape index (κ2) is 3.92. The molecule has 1 aliphatic rings. The highest BCUT2D eigenvalue weighted by Crippen LogP contribution is 2.32. The van der Waals surface area contributed by atoms with Gasteiger partial charge in [0.25, 0.3) is 0 Å². The van der Waals surface area contributed by atoms with E-state index in [1.807, 2.05) is 0 Å². The van der Waals surface area contributed by atoms with E-state index in [4.69, 9.17) is 10.8 Å². The molecule has 1 fully saturated rings. The molecule has 14 heavy (non-hydrogen) atoms. The molecular weight excluding hydrogens is 178 g/mol. The molecule has 0 spiro atoms. The van der Waals surface area contributed by atoms with E-state index in [1.54, 1.807) is 6.20 Å². The summed E-state index contributed by atoms with van der Waals surface area (Å²) in [5, 5.41) is 8.91. The van der Waals surface area contributed by atoms with Crippen molar-refractivity contribution in [2.24, 2.45) is 0 Å². The van der Waals surface area contributed by atoms with Gasteiger partial charge in [-0.3, -0.25) is 0 Å². The van der Waals surface area contributed by atoms with Gasteiger partial charge in [-0.2, -0.15) is 0 Å². The molecule has 76 valence electrons. The minimum absolute atomic E-state index is 0.0865. The normalized spacial score (nSPS) is 17.5. The van der Waals surface area contributed by atoms with Crippen molar-refractivity contribution in [2.75, 3.05) is 5.73 Å². The largest absolute Gasteiger partial charge is 0.391 e. The molecule has 3 N–H and O–H groups in total. The van der Waals surface area contributed by atoms with Crippen LogP contribution < -0.4 is 5.73 Å². The van der Waals surface area contributed by atoms with E-state index in [2.05, 4.69) is 9.97 Å². The molecule has 0 amide bonds. The van der Waals surface area contributed by atoms with E-state index >= 15 is 0 Å². The highest BCUT2D eigenvalue weighted by Gasteiger charge is 2.20. The Balaban J connectivity index is 2.23. The van der Waals surface area contributed by atoms with Gasteiger partial charge in [-0.25, -0.2) is 9.97 Å². The fraction of sp³-hybridized carbons (Fsp3) is 0.600. The topological polar surface area (TPSA) is 72.0 Å². The Labute approximate surface area is 83.2 Å². The molecule has 0 radical (unpaired) electrons. The van der Waals surface area contributed by atoms with Crippen LogP contribution in [0.4, 0.5) is 5.82 Å². The van der Waals surface area contributed by atoms with Crippen LogP contribution in [-0.4, -0.2) is 15.1 Å². The summed E-state index contributed by atoms with van der Waals surface area (Å²) in [6.07, 6.45) is 6.48. The molecule has 0 aliphatic heterocycles. The van der Waals surface area contributed by atoms with Crippen molar-refractivity contribution in [2.45, 2.75) is 38.2 Å². The van der Waals surface area contributed by atoms with E-state index in [9.17, 15) is 0 Å². The molecule has 1 saturated carbocycles. The lowest BCUT2D eigenvalue weighted by molar-refractivity contribution is 0.281. The number of hydrogen-bond donors (Lipinski definition) is 2. The van der Waals surface area contributed by atoms with Gasteiger partial charge in [-0.05, 0) is 12.8 Å². The lowest BCUT2D eigenvalue weighted by Crippen LogP contribution is -2.06. The zero-order chi connectivity index (χ0) is 9.97. The average molecular weight is 193 g/mol. The van der Waals surface area contributed by atoms with E-state index in [1.165, 1.54) is 12.8 Å². The first-order chi connectivity index (χ1) is 6.81. The highest BCUT2D eigenvalue weighted by molar-refractivity contribution is 5.37. The molecule has 1 heterocycles. The summed E-state index contributed by atoms with van der Waals surface area (Å²) in [6.45, 7) is -0.0865. The number of nitrogens with two attached hydrogens (primary N) is 1. The summed E-state index contributed by atoms with van der Waals surface area (Å²) in [4.78, 5) is 8.47. The number of anilines is 1. The van der Waals surface area contributed by atoms with E-state index in [-0.39, 0.29) is 6.61 Å². The standard InChI is InChI=1S/C10H15N3O/c11-9-8(6-14)5-12-10(13-9)7-3-1-2-4-7/h5,7,14H,1-4,6H2,(H2,11,12,13). The van der Waals surface area contributed by atoms with Crippen molar-refractivity contribution < 1.29 is 5.11 Å². The Kier molecular flexibility index (Phi) is 2.63. The fourth-order valence-electron chi connectivity index (χ4n) is 1.94. The molecule has 0 unspecified atom stereocenters. The SMILES string of the molecule is Nc1nc(C2CCCC2)ncc1CO. The van der Waals surface area contributed by atoms with Crippen LogP contribution in [0.15, 0.2) is 6.20 Å².